The van der Waals surface area contributed by atoms with E-state index in [0.29, 0.717) is 30.0 Å². The number of cyclic esters (lactones) is 1. The molecule has 7 heteroatoms. The minimum atomic E-state index is -0.461. The van der Waals surface area contributed by atoms with Gasteiger partial charge in [0, 0.05) is 48.8 Å². The van der Waals surface area contributed by atoms with E-state index >= 15 is 0 Å². The molecule has 0 aliphatic carbocycles. The van der Waals surface area contributed by atoms with E-state index in [1.54, 1.807) is 0 Å². The molecule has 6 nitrogen and oxygen atoms in total. The summed E-state index contributed by atoms with van der Waals surface area (Å²) in [4.78, 5) is 28.5. The Morgan fingerprint density at radius 3 is 2.79 bits per heavy atom. The van der Waals surface area contributed by atoms with Gasteiger partial charge in [0.2, 0.25) is 0 Å². The van der Waals surface area contributed by atoms with Gasteiger partial charge in [-0.3, -0.25) is 4.90 Å². The van der Waals surface area contributed by atoms with Crippen LogP contribution < -0.4 is 0 Å². The number of hydrogen-bond donors (Lipinski definition) is 0. The molecule has 0 bridgehead atoms. The molecule has 152 valence electrons. The fraction of sp³-hybridized carbons (Fsp3) is 0.619. The minimum Gasteiger partial charge on any atom is -0.457 e. The van der Waals surface area contributed by atoms with E-state index < -0.39 is 5.60 Å². The molecule has 2 saturated heterocycles. The van der Waals surface area contributed by atoms with Crippen molar-refractivity contribution in [1.82, 2.24) is 9.80 Å². The summed E-state index contributed by atoms with van der Waals surface area (Å²) in [5, 5.41) is 0.380. The Bertz CT molecular complexity index is 804. The van der Waals surface area contributed by atoms with Gasteiger partial charge in [-0.15, -0.1) is 0 Å². The first kappa shape index (κ1) is 19.6. The second-order valence-corrected chi connectivity index (χ2v) is 10.0. The number of rotatable bonds is 1. The summed E-state index contributed by atoms with van der Waals surface area (Å²) in [6.45, 7) is 11.5. The lowest BCUT2D eigenvalue weighted by Gasteiger charge is -2.46. The van der Waals surface area contributed by atoms with Gasteiger partial charge in [0.25, 0.3) is 0 Å². The number of ether oxygens (including phenoxy) is 2. The smallest absolute Gasteiger partial charge is 0.410 e. The monoisotopic (exact) mass is 404 g/mol. The molecule has 3 aliphatic heterocycles. The third-order valence-electron chi connectivity index (χ3n) is 5.70. The van der Waals surface area contributed by atoms with Gasteiger partial charge < -0.3 is 14.4 Å². The standard InChI is InChI=1S/C21H28N2O4S/c1-13-15(5-6-16-17(13)11-26-19(16)24)18-10-22-7-8-23(9-14(22)12-28-18)20(25)27-21(2,3)4/h5-6,14,18H,7-12H2,1-4H3. The van der Waals surface area contributed by atoms with E-state index in [2.05, 4.69) is 17.9 Å². The van der Waals surface area contributed by atoms with E-state index in [4.69, 9.17) is 9.47 Å². The number of thioether (sulfide) groups is 1. The SMILES string of the molecule is Cc1c(C2CN3CCN(C(=O)OC(C)(C)C)CC3CS2)ccc2c1COC2=O. The maximum Gasteiger partial charge on any atom is 0.410 e. The van der Waals surface area contributed by atoms with Crippen molar-refractivity contribution in [3.63, 3.8) is 0 Å². The predicted octanol–water partition coefficient (Wildman–Crippen LogP) is 3.37. The molecule has 3 aliphatic rings. The zero-order chi connectivity index (χ0) is 20.1. The molecule has 0 radical (unpaired) electrons. The zero-order valence-corrected chi connectivity index (χ0v) is 17.8. The molecule has 2 unspecified atom stereocenters. The molecular formula is C21H28N2O4S. The fourth-order valence-corrected chi connectivity index (χ4v) is 5.68. The van der Waals surface area contributed by atoms with Crippen LogP contribution in [0.15, 0.2) is 12.1 Å². The summed E-state index contributed by atoms with van der Waals surface area (Å²) >= 11 is 1.94. The molecule has 0 spiro atoms. The van der Waals surface area contributed by atoms with Crippen molar-refractivity contribution in [2.45, 2.75) is 51.2 Å². The van der Waals surface area contributed by atoms with Crippen LogP contribution in [-0.2, 0) is 16.1 Å². The molecule has 0 aromatic heterocycles. The molecule has 1 aromatic rings. The topological polar surface area (TPSA) is 59.1 Å². The summed E-state index contributed by atoms with van der Waals surface area (Å²) < 4.78 is 10.7. The zero-order valence-electron chi connectivity index (χ0n) is 17.0. The molecule has 28 heavy (non-hydrogen) atoms. The number of esters is 1. The van der Waals surface area contributed by atoms with Gasteiger partial charge in [-0.05, 0) is 44.9 Å². The summed E-state index contributed by atoms with van der Waals surface area (Å²) in [7, 11) is 0. The fourth-order valence-electron chi connectivity index (χ4n) is 4.18. The molecule has 1 aromatic carbocycles. The quantitative estimate of drug-likeness (QED) is 0.669. The Hall–Kier alpha value is -1.73. The highest BCUT2D eigenvalue weighted by molar-refractivity contribution is 7.99. The maximum atomic E-state index is 12.4. The summed E-state index contributed by atoms with van der Waals surface area (Å²) in [5.41, 5.74) is 3.78. The highest BCUT2D eigenvalue weighted by Gasteiger charge is 2.37. The number of carbonyl (C=O) groups excluding carboxylic acids is 2. The van der Waals surface area contributed by atoms with Crippen LogP contribution in [0.3, 0.4) is 0 Å². The highest BCUT2D eigenvalue weighted by Crippen LogP contribution is 2.40. The number of carbonyl (C=O) groups is 2. The van der Waals surface area contributed by atoms with Gasteiger partial charge in [-0.25, -0.2) is 9.59 Å². The third-order valence-corrected chi connectivity index (χ3v) is 7.08. The first-order valence-electron chi connectivity index (χ1n) is 9.86. The summed E-state index contributed by atoms with van der Waals surface area (Å²) in [6, 6.07) is 4.37. The van der Waals surface area contributed by atoms with Crippen LogP contribution in [0, 0.1) is 6.92 Å². The van der Waals surface area contributed by atoms with Gasteiger partial charge in [-0.1, -0.05) is 6.07 Å². The van der Waals surface area contributed by atoms with E-state index in [-0.39, 0.29) is 12.1 Å². The van der Waals surface area contributed by atoms with Crippen LogP contribution in [0.1, 0.15) is 53.1 Å². The van der Waals surface area contributed by atoms with Crippen molar-refractivity contribution < 1.29 is 19.1 Å². The number of piperazine rings is 1. The van der Waals surface area contributed by atoms with E-state index in [1.807, 2.05) is 43.5 Å². The molecular weight excluding hydrogens is 376 g/mol. The van der Waals surface area contributed by atoms with Crippen molar-refractivity contribution >= 4 is 23.8 Å². The lowest BCUT2D eigenvalue weighted by molar-refractivity contribution is 0.00556. The third kappa shape index (κ3) is 3.74. The molecule has 3 heterocycles. The van der Waals surface area contributed by atoms with E-state index in [1.165, 1.54) is 11.1 Å². The van der Waals surface area contributed by atoms with Crippen LogP contribution >= 0.6 is 11.8 Å². The van der Waals surface area contributed by atoms with Crippen molar-refractivity contribution in [2.75, 3.05) is 31.9 Å². The van der Waals surface area contributed by atoms with Gasteiger partial charge in [-0.2, -0.15) is 11.8 Å². The average Bonchev–Trinajstić information content (AvgIpc) is 3.02. The van der Waals surface area contributed by atoms with E-state index in [0.717, 1.165) is 31.0 Å². The Morgan fingerprint density at radius 2 is 2.04 bits per heavy atom. The Kier molecular flexibility index (Phi) is 5.08. The molecule has 2 atom stereocenters. The summed E-state index contributed by atoms with van der Waals surface area (Å²) in [6.07, 6.45) is -0.210. The highest BCUT2D eigenvalue weighted by atomic mass is 32.2. The average molecular weight is 405 g/mol. The van der Waals surface area contributed by atoms with E-state index in [9.17, 15) is 9.59 Å². The Balaban J connectivity index is 1.42. The number of benzene rings is 1. The van der Waals surface area contributed by atoms with Gasteiger partial charge in [0.1, 0.15) is 12.2 Å². The van der Waals surface area contributed by atoms with Crippen molar-refractivity contribution in [1.29, 1.82) is 0 Å². The van der Waals surface area contributed by atoms with Gasteiger partial charge in [0.15, 0.2) is 0 Å². The Morgan fingerprint density at radius 1 is 1.25 bits per heavy atom. The largest absolute Gasteiger partial charge is 0.457 e. The number of fused-ring (bicyclic) bond motifs is 2. The predicted molar refractivity (Wildman–Crippen MR) is 109 cm³/mol. The molecule has 0 N–H and O–H groups in total. The Labute approximate surface area is 170 Å². The van der Waals surface area contributed by atoms with Crippen molar-refractivity contribution in [3.05, 3.63) is 34.4 Å². The van der Waals surface area contributed by atoms with Gasteiger partial charge >= 0.3 is 12.1 Å². The number of amides is 1. The second kappa shape index (κ2) is 7.26. The van der Waals surface area contributed by atoms with Crippen LogP contribution in [0.4, 0.5) is 4.79 Å². The number of nitrogens with zero attached hydrogens (tertiary/aromatic N) is 2. The molecule has 1 amide bonds. The van der Waals surface area contributed by atoms with Crippen LogP contribution in [-0.4, -0.2) is 65.4 Å². The second-order valence-electron chi connectivity index (χ2n) is 8.78. The maximum absolute atomic E-state index is 12.4. The lowest BCUT2D eigenvalue weighted by atomic mass is 9.96. The minimum absolute atomic E-state index is 0.209. The van der Waals surface area contributed by atoms with Crippen molar-refractivity contribution in [2.24, 2.45) is 0 Å². The van der Waals surface area contributed by atoms with Gasteiger partial charge in [0.05, 0.1) is 5.56 Å². The van der Waals surface area contributed by atoms with Crippen LogP contribution in [0.5, 0.6) is 0 Å². The lowest BCUT2D eigenvalue weighted by Crippen LogP contribution is -2.58. The summed E-state index contributed by atoms with van der Waals surface area (Å²) in [5.74, 6) is 0.773. The van der Waals surface area contributed by atoms with Crippen LogP contribution in [0.2, 0.25) is 0 Å². The molecule has 4 rings (SSSR count). The molecule has 0 saturated carbocycles. The molecule has 2 fully saturated rings. The normalized spacial score (nSPS) is 25.1. The first-order valence-corrected chi connectivity index (χ1v) is 10.9. The van der Waals surface area contributed by atoms with Crippen LogP contribution in [0.25, 0.3) is 0 Å². The van der Waals surface area contributed by atoms with Crippen molar-refractivity contribution in [3.8, 4) is 0 Å². The first-order chi connectivity index (χ1) is 13.2. The number of hydrogen-bond acceptors (Lipinski definition) is 6.